The number of carbonyl (C=O) groups is 9. The fourth-order valence-electron chi connectivity index (χ4n) is 9.13. The molecule has 14 N–H and O–H groups in total. The van der Waals surface area contributed by atoms with Gasteiger partial charge in [0.1, 0.15) is 34.7 Å². The quantitative estimate of drug-likeness (QED) is 0.0603. The third-order valence-corrected chi connectivity index (χ3v) is 15.4. The number of aromatic amines is 1. The number of ether oxygens (including phenoxy) is 1. The number of hydrogen-bond donors (Lipinski definition) is 13. The molecule has 1 fully saturated rings. The van der Waals surface area contributed by atoms with Crippen LogP contribution in [-0.2, 0) is 75.9 Å². The van der Waals surface area contributed by atoms with Gasteiger partial charge in [-0.25, -0.2) is 9.09 Å². The second kappa shape index (κ2) is 26.9. The van der Waals surface area contributed by atoms with Crippen molar-refractivity contribution < 1.29 is 86.3 Å². The van der Waals surface area contributed by atoms with Crippen molar-refractivity contribution in [1.29, 1.82) is 0 Å². The van der Waals surface area contributed by atoms with Gasteiger partial charge in [-0.15, -0.1) is 0 Å². The topological polar surface area (TPSA) is 425 Å². The number of ketones is 2. The summed E-state index contributed by atoms with van der Waals surface area (Å²) < 4.78 is 36.8. The van der Waals surface area contributed by atoms with Gasteiger partial charge in [0.2, 0.25) is 41.4 Å². The molecule has 416 valence electrons. The van der Waals surface area contributed by atoms with Crippen LogP contribution < -0.4 is 42.4 Å². The third kappa shape index (κ3) is 16.4. The average molecular weight is 1100 g/mol. The average Bonchev–Trinajstić information content (AvgIpc) is 3.91. The summed E-state index contributed by atoms with van der Waals surface area (Å²) in [5.74, 6) is -12.0. The summed E-state index contributed by atoms with van der Waals surface area (Å²) in [6.45, 7) is 3.20. The normalized spacial score (nSPS) is 26.4. The van der Waals surface area contributed by atoms with E-state index in [0.717, 1.165) is 4.90 Å². The largest absolute Gasteiger partial charge is 0.472 e. The first-order chi connectivity index (χ1) is 35.3. The van der Waals surface area contributed by atoms with Crippen LogP contribution in [0.3, 0.4) is 0 Å². The number of nitrogens with zero attached hydrogens (tertiary/aromatic N) is 1. The summed E-state index contributed by atoms with van der Waals surface area (Å²) in [6, 6.07) is -4.81. The first-order valence-corrected chi connectivity index (χ1v) is 27.4. The molecule has 5 rings (SSSR count). The molecule has 3 unspecified atom stereocenters. The van der Waals surface area contributed by atoms with Crippen molar-refractivity contribution in [3.8, 4) is 5.75 Å². The van der Waals surface area contributed by atoms with E-state index < -0.39 is 184 Å². The minimum Gasteiger partial charge on any atom is -0.467 e. The van der Waals surface area contributed by atoms with Crippen LogP contribution in [0.5, 0.6) is 5.75 Å². The number of benzene rings is 1. The number of nitrogens with one attached hydrogen (secondary N) is 7. The molecule has 3 aliphatic rings. The third-order valence-electron chi connectivity index (χ3n) is 13.5. The van der Waals surface area contributed by atoms with Gasteiger partial charge in [-0.3, -0.25) is 47.4 Å². The molecule has 11 atom stereocenters. The number of rotatable bonds is 15. The van der Waals surface area contributed by atoms with E-state index in [1.165, 1.54) is 19.1 Å². The van der Waals surface area contributed by atoms with Gasteiger partial charge in [0.15, 0.2) is 12.6 Å². The van der Waals surface area contributed by atoms with E-state index in [4.69, 9.17) is 10.5 Å². The minimum atomic E-state index is -5.07. The molecule has 3 aliphatic heterocycles. The van der Waals surface area contributed by atoms with E-state index >= 15 is 4.21 Å². The summed E-state index contributed by atoms with van der Waals surface area (Å²) in [5.41, 5.74) is 5.74. The number of fused-ring (bicyclic) bond motifs is 5. The molecule has 27 nitrogen and oxygen atoms in total. The Morgan fingerprint density at radius 3 is 2.31 bits per heavy atom. The number of aromatic nitrogens is 1. The van der Waals surface area contributed by atoms with Gasteiger partial charge in [-0.05, 0) is 24.0 Å². The van der Waals surface area contributed by atoms with Crippen LogP contribution in [0.1, 0.15) is 77.3 Å². The van der Waals surface area contributed by atoms with E-state index in [1.54, 1.807) is 6.92 Å². The number of H-pyrrole nitrogens is 1. The molecule has 29 heteroatoms. The Morgan fingerprint density at radius 2 is 1.65 bits per heavy atom. The van der Waals surface area contributed by atoms with Crippen molar-refractivity contribution >= 4 is 82.4 Å². The van der Waals surface area contributed by atoms with E-state index in [2.05, 4.69) is 41.4 Å². The van der Waals surface area contributed by atoms with Crippen LogP contribution in [0.2, 0.25) is 0 Å². The summed E-state index contributed by atoms with van der Waals surface area (Å²) in [4.78, 5) is 148. The molecule has 4 heterocycles. The van der Waals surface area contributed by atoms with Crippen LogP contribution in [0.4, 0.5) is 0 Å². The lowest BCUT2D eigenvalue weighted by Crippen LogP contribution is -2.60. The van der Waals surface area contributed by atoms with Crippen molar-refractivity contribution in [1.82, 2.24) is 41.8 Å². The number of carbonyl (C=O) groups excluding carboxylic acids is 9. The molecule has 0 spiro atoms. The lowest BCUT2D eigenvalue weighted by molar-refractivity contribution is -0.145. The fourth-order valence-corrected chi connectivity index (χ4v) is 10.8. The number of nitrogens with two attached hydrogens (primary N) is 1. The highest BCUT2D eigenvalue weighted by molar-refractivity contribution is 7.85. The SMILES string of the molecule is CCCC(=O)Cc1cc2c3c([nH]c2cc1OCOP(=O)(O)O)S(=O)C[C@@H]1NC(=O)CNC[C@H]([C@@H](C)CC)NC(=O)CNC(=O)[C@H](C3)NC(=O)[C@H](C(C)C(O)CO)NC(=O)[C@@H]2C[C@@H](O)CN2C(=O)[C@H](CC(N)=O)CC1=O. The maximum Gasteiger partial charge on any atom is 0.472 e. The smallest absolute Gasteiger partial charge is 0.467 e. The summed E-state index contributed by atoms with van der Waals surface area (Å²) in [5, 5.41) is 47.5. The van der Waals surface area contributed by atoms with Crippen LogP contribution in [0, 0.1) is 17.8 Å². The maximum atomic E-state index is 15.1. The Hall–Kier alpha value is -5.71. The highest BCUT2D eigenvalue weighted by atomic mass is 32.2. The minimum absolute atomic E-state index is 0.00988. The van der Waals surface area contributed by atoms with E-state index in [1.807, 2.05) is 13.8 Å². The van der Waals surface area contributed by atoms with E-state index in [-0.39, 0.29) is 63.9 Å². The molecule has 0 saturated carbocycles. The predicted molar refractivity (Wildman–Crippen MR) is 264 cm³/mol. The Morgan fingerprint density at radius 1 is 0.947 bits per heavy atom. The molecule has 0 radical (unpaired) electrons. The van der Waals surface area contributed by atoms with Crippen LogP contribution >= 0.6 is 7.82 Å². The molecular formula is C46H68N9O18PS. The number of phosphoric acid groups is 1. The van der Waals surface area contributed by atoms with Gasteiger partial charge in [-0.2, -0.15) is 0 Å². The highest BCUT2D eigenvalue weighted by Gasteiger charge is 2.45. The number of aliphatic hydroxyl groups excluding tert-OH is 3. The number of hydrogen-bond acceptors (Lipinski definition) is 17. The molecule has 7 amide bonds. The van der Waals surface area contributed by atoms with Crippen molar-refractivity contribution in [2.45, 2.75) is 127 Å². The van der Waals surface area contributed by atoms with Crippen molar-refractivity contribution in [2.75, 3.05) is 45.3 Å². The summed E-state index contributed by atoms with van der Waals surface area (Å²) >= 11 is 0. The first-order valence-electron chi connectivity index (χ1n) is 24.5. The van der Waals surface area contributed by atoms with Gasteiger partial charge >= 0.3 is 7.82 Å². The fraction of sp³-hybridized carbons (Fsp3) is 0.630. The lowest BCUT2D eigenvalue weighted by atomic mass is 9.93. The van der Waals surface area contributed by atoms with E-state index in [9.17, 15) is 72.8 Å². The Bertz CT molecular complexity index is 2560. The first kappa shape index (κ1) is 60.2. The van der Waals surface area contributed by atoms with Crippen LogP contribution in [0.15, 0.2) is 17.2 Å². The van der Waals surface area contributed by atoms with Crippen molar-refractivity contribution in [2.24, 2.45) is 23.5 Å². The van der Waals surface area contributed by atoms with Gasteiger partial charge < -0.3 is 77.4 Å². The molecular weight excluding hydrogens is 1030 g/mol. The summed E-state index contributed by atoms with van der Waals surface area (Å²) in [6.07, 6.45) is -4.91. The highest BCUT2D eigenvalue weighted by Crippen LogP contribution is 2.37. The molecule has 2 aromatic rings. The second-order valence-corrected chi connectivity index (χ2v) is 21.8. The molecule has 75 heavy (non-hydrogen) atoms. The van der Waals surface area contributed by atoms with E-state index in [0.29, 0.717) is 12.8 Å². The van der Waals surface area contributed by atoms with Gasteiger partial charge in [0.05, 0.1) is 65.9 Å². The number of Topliss-reactive ketones (excluding diaryl/α,β-unsaturated/α-hetero) is 2. The Labute approximate surface area is 433 Å². The molecule has 2 bridgehead atoms. The molecule has 1 saturated heterocycles. The zero-order valence-corrected chi connectivity index (χ0v) is 43.7. The van der Waals surface area contributed by atoms with Crippen LogP contribution in [-0.4, -0.2) is 180 Å². The van der Waals surface area contributed by atoms with Crippen molar-refractivity contribution in [3.63, 3.8) is 0 Å². The van der Waals surface area contributed by atoms with Gasteiger partial charge in [-0.1, -0.05) is 34.1 Å². The molecule has 0 aliphatic carbocycles. The van der Waals surface area contributed by atoms with Gasteiger partial charge in [0.25, 0.3) is 0 Å². The van der Waals surface area contributed by atoms with Gasteiger partial charge in [0, 0.05) is 80.6 Å². The molecule has 1 aromatic heterocycles. The number of aliphatic hydroxyl groups is 3. The second-order valence-electron chi connectivity index (χ2n) is 19.1. The zero-order chi connectivity index (χ0) is 55.5. The molecule has 1 aromatic carbocycles. The number of primary amides is 1. The number of phosphoric ester groups is 1. The lowest BCUT2D eigenvalue weighted by Gasteiger charge is -2.32. The zero-order valence-electron chi connectivity index (χ0n) is 42.0. The van der Waals surface area contributed by atoms with Crippen molar-refractivity contribution in [3.05, 3.63) is 23.3 Å². The Balaban J connectivity index is 1.81. The number of amides is 7. The summed E-state index contributed by atoms with van der Waals surface area (Å²) in [7, 11) is -7.53. The predicted octanol–water partition coefficient (Wildman–Crippen LogP) is -3.70. The monoisotopic (exact) mass is 1100 g/mol. The van der Waals surface area contributed by atoms with Crippen LogP contribution in [0.25, 0.3) is 10.9 Å². The maximum absolute atomic E-state index is 15.1. The Kier molecular flexibility index (Phi) is 21.5. The standard InChI is InChI=1S/C46H68N9O18PS/c1-5-7-26(57)8-24-9-28-29-13-31-42(64)49-17-40(63)50-32(22(3)6-2)15-48-16-39(62)51-33(20-75(71)45(29)53-30(28)14-37(24)72-21-73-74(68,69)70)35(59)10-25(11-38(47)61)46(67)55-18-27(58)12-34(55)43(65)54-41(44(66)52-31)23(4)36(60)19-56/h9,14,22-23,25,27,31-34,36,41,48,53,56,58,60H,5-8,10-13,15-21H2,1-4H3,(H2,47,61)(H,49,64)(H,50,63)(H,51,62)(H,52,66)(H,54,65)(H2,68,69,70)/t22-,23?,25-,27+,31-,32+,33-,34-,36?,41-,75?/m0/s1.